The molecule has 3 nitrogen and oxygen atoms in total. The van der Waals surface area contributed by atoms with Gasteiger partial charge >= 0.3 is 0 Å². The molecule has 1 aliphatic carbocycles. The third-order valence-corrected chi connectivity index (χ3v) is 3.90. The van der Waals surface area contributed by atoms with Crippen LogP contribution < -0.4 is 5.73 Å². The fourth-order valence-corrected chi connectivity index (χ4v) is 2.47. The molecular formula is C14H24N2O. The largest absolute Gasteiger partial charge is 0.468 e. The predicted octanol–water partition coefficient (Wildman–Crippen LogP) is 2.62. The van der Waals surface area contributed by atoms with Crippen LogP contribution in [0, 0.1) is 5.92 Å². The number of nitrogens with zero attached hydrogens (tertiary/aromatic N) is 1. The highest BCUT2D eigenvalue weighted by Crippen LogP contribution is 2.32. The van der Waals surface area contributed by atoms with Crippen molar-refractivity contribution in [2.75, 3.05) is 6.54 Å². The topological polar surface area (TPSA) is 42.4 Å². The Morgan fingerprint density at radius 3 is 2.76 bits per heavy atom. The maximum Gasteiger partial charge on any atom is 0.117 e. The molecule has 0 radical (unpaired) electrons. The summed E-state index contributed by atoms with van der Waals surface area (Å²) in [6.45, 7) is 6.19. The lowest BCUT2D eigenvalue weighted by molar-refractivity contribution is 0.123. The molecule has 0 spiro atoms. The van der Waals surface area contributed by atoms with Crippen molar-refractivity contribution in [2.45, 2.75) is 51.7 Å². The molecular weight excluding hydrogens is 212 g/mol. The van der Waals surface area contributed by atoms with Crippen molar-refractivity contribution < 1.29 is 4.42 Å². The third-order valence-electron chi connectivity index (χ3n) is 3.90. The van der Waals surface area contributed by atoms with Gasteiger partial charge in [0.25, 0.3) is 0 Å². The molecule has 1 saturated carbocycles. The summed E-state index contributed by atoms with van der Waals surface area (Å²) in [5.41, 5.74) is 5.97. The van der Waals surface area contributed by atoms with Gasteiger partial charge in [-0.05, 0) is 30.9 Å². The normalized spacial score (nSPS) is 19.5. The first-order valence-corrected chi connectivity index (χ1v) is 6.74. The molecule has 0 saturated heterocycles. The van der Waals surface area contributed by atoms with E-state index in [1.807, 2.05) is 6.07 Å². The van der Waals surface area contributed by atoms with E-state index in [0.717, 1.165) is 24.9 Å². The molecule has 0 bridgehead atoms. The van der Waals surface area contributed by atoms with E-state index in [4.69, 9.17) is 10.2 Å². The van der Waals surface area contributed by atoms with Crippen molar-refractivity contribution in [3.8, 4) is 0 Å². The van der Waals surface area contributed by atoms with Crippen LogP contribution in [-0.4, -0.2) is 23.5 Å². The standard InChI is InChI=1S/C14H24N2O/c1-3-11(2)14(9-15)16(12-6-7-12)10-13-5-4-8-17-13/h4-5,8,11-12,14H,3,6-7,9-10,15H2,1-2H3. The first-order chi connectivity index (χ1) is 8.26. The van der Waals surface area contributed by atoms with Gasteiger partial charge in [0.05, 0.1) is 12.8 Å². The van der Waals surface area contributed by atoms with Crippen LogP contribution in [0.3, 0.4) is 0 Å². The minimum absolute atomic E-state index is 0.484. The SMILES string of the molecule is CCC(C)C(CN)N(Cc1ccco1)C1CC1. The molecule has 2 N–H and O–H groups in total. The zero-order valence-corrected chi connectivity index (χ0v) is 10.9. The first-order valence-electron chi connectivity index (χ1n) is 6.74. The van der Waals surface area contributed by atoms with Crippen molar-refractivity contribution in [1.82, 2.24) is 4.90 Å². The van der Waals surface area contributed by atoms with Gasteiger partial charge < -0.3 is 10.2 Å². The summed E-state index contributed by atoms with van der Waals surface area (Å²) in [5, 5.41) is 0. The molecule has 0 amide bonds. The van der Waals surface area contributed by atoms with Gasteiger partial charge in [0.2, 0.25) is 0 Å². The summed E-state index contributed by atoms with van der Waals surface area (Å²) in [6.07, 6.45) is 5.56. The van der Waals surface area contributed by atoms with Crippen molar-refractivity contribution in [1.29, 1.82) is 0 Å². The van der Waals surface area contributed by atoms with E-state index < -0.39 is 0 Å². The lowest BCUT2D eigenvalue weighted by atomic mass is 9.97. The molecule has 1 aromatic heterocycles. The Morgan fingerprint density at radius 2 is 2.29 bits per heavy atom. The van der Waals surface area contributed by atoms with Gasteiger partial charge in [-0.15, -0.1) is 0 Å². The molecule has 3 heteroatoms. The predicted molar refractivity (Wildman–Crippen MR) is 69.6 cm³/mol. The maximum absolute atomic E-state index is 5.97. The van der Waals surface area contributed by atoms with Gasteiger partial charge in [0, 0.05) is 18.6 Å². The Kier molecular flexibility index (Phi) is 4.24. The molecule has 2 atom stereocenters. The molecule has 2 unspecified atom stereocenters. The molecule has 96 valence electrons. The molecule has 1 heterocycles. The van der Waals surface area contributed by atoms with Crippen LogP contribution in [0.4, 0.5) is 0 Å². The summed E-state index contributed by atoms with van der Waals surface area (Å²) < 4.78 is 5.47. The van der Waals surface area contributed by atoms with Crippen molar-refractivity contribution in [3.05, 3.63) is 24.2 Å². The number of hydrogen-bond donors (Lipinski definition) is 1. The van der Waals surface area contributed by atoms with Crippen molar-refractivity contribution in [2.24, 2.45) is 11.7 Å². The molecule has 17 heavy (non-hydrogen) atoms. The lowest BCUT2D eigenvalue weighted by Gasteiger charge is -2.34. The maximum atomic E-state index is 5.97. The Morgan fingerprint density at radius 1 is 1.53 bits per heavy atom. The summed E-state index contributed by atoms with van der Waals surface area (Å²) >= 11 is 0. The van der Waals surface area contributed by atoms with Crippen LogP contribution in [0.5, 0.6) is 0 Å². The van der Waals surface area contributed by atoms with Gasteiger partial charge in [0.1, 0.15) is 5.76 Å². The van der Waals surface area contributed by atoms with Gasteiger partial charge in [-0.3, -0.25) is 4.90 Å². The van der Waals surface area contributed by atoms with Crippen LogP contribution in [0.1, 0.15) is 38.9 Å². The van der Waals surface area contributed by atoms with E-state index in [-0.39, 0.29) is 0 Å². The molecule has 2 rings (SSSR count). The van der Waals surface area contributed by atoms with E-state index in [2.05, 4.69) is 24.8 Å². The summed E-state index contributed by atoms with van der Waals surface area (Å²) in [7, 11) is 0. The highest BCUT2D eigenvalue weighted by molar-refractivity contribution is 5.01. The van der Waals surface area contributed by atoms with Gasteiger partial charge in [-0.2, -0.15) is 0 Å². The Bertz CT molecular complexity index is 319. The molecule has 0 aromatic carbocycles. The Labute approximate surface area is 104 Å². The van der Waals surface area contributed by atoms with Crippen molar-refractivity contribution in [3.63, 3.8) is 0 Å². The second-order valence-corrected chi connectivity index (χ2v) is 5.17. The number of nitrogens with two attached hydrogens (primary N) is 1. The van der Waals surface area contributed by atoms with E-state index in [1.54, 1.807) is 6.26 Å². The molecule has 0 aliphatic heterocycles. The lowest BCUT2D eigenvalue weighted by Crippen LogP contribution is -2.45. The van der Waals surface area contributed by atoms with Crippen LogP contribution in [-0.2, 0) is 6.54 Å². The summed E-state index contributed by atoms with van der Waals surface area (Å²) in [4.78, 5) is 2.55. The molecule has 1 fully saturated rings. The summed E-state index contributed by atoms with van der Waals surface area (Å²) in [5.74, 6) is 1.70. The Balaban J connectivity index is 2.04. The summed E-state index contributed by atoms with van der Waals surface area (Å²) in [6, 6.07) is 5.22. The first kappa shape index (κ1) is 12.7. The highest BCUT2D eigenvalue weighted by atomic mass is 16.3. The van der Waals surface area contributed by atoms with Crippen LogP contribution in [0.2, 0.25) is 0 Å². The second kappa shape index (κ2) is 5.69. The van der Waals surface area contributed by atoms with Crippen LogP contribution >= 0.6 is 0 Å². The molecule has 1 aliphatic rings. The minimum Gasteiger partial charge on any atom is -0.468 e. The van der Waals surface area contributed by atoms with Crippen LogP contribution in [0.25, 0.3) is 0 Å². The fourth-order valence-electron chi connectivity index (χ4n) is 2.47. The third kappa shape index (κ3) is 3.11. The average molecular weight is 236 g/mol. The number of hydrogen-bond acceptors (Lipinski definition) is 3. The quantitative estimate of drug-likeness (QED) is 0.791. The van der Waals surface area contributed by atoms with Crippen molar-refractivity contribution >= 4 is 0 Å². The van der Waals surface area contributed by atoms with E-state index >= 15 is 0 Å². The average Bonchev–Trinajstić information content (AvgIpc) is 3.06. The molecule has 1 aromatic rings. The highest BCUT2D eigenvalue weighted by Gasteiger charge is 2.35. The van der Waals surface area contributed by atoms with Gasteiger partial charge in [-0.25, -0.2) is 0 Å². The van der Waals surface area contributed by atoms with Crippen LogP contribution in [0.15, 0.2) is 22.8 Å². The minimum atomic E-state index is 0.484. The van der Waals surface area contributed by atoms with E-state index in [1.165, 1.54) is 19.3 Å². The number of rotatable bonds is 7. The van der Waals surface area contributed by atoms with Gasteiger partial charge in [-0.1, -0.05) is 20.3 Å². The smallest absolute Gasteiger partial charge is 0.117 e. The fraction of sp³-hybridized carbons (Fsp3) is 0.714. The zero-order valence-electron chi connectivity index (χ0n) is 10.9. The van der Waals surface area contributed by atoms with E-state index in [9.17, 15) is 0 Å². The monoisotopic (exact) mass is 236 g/mol. The number of furan rings is 1. The van der Waals surface area contributed by atoms with E-state index in [0.29, 0.717) is 12.0 Å². The van der Waals surface area contributed by atoms with Gasteiger partial charge in [0.15, 0.2) is 0 Å². The Hall–Kier alpha value is -0.800. The zero-order chi connectivity index (χ0) is 12.3. The second-order valence-electron chi connectivity index (χ2n) is 5.17.